The Hall–Kier alpha value is -6.22. The van der Waals surface area contributed by atoms with Crippen molar-refractivity contribution in [3.05, 3.63) is 82.9 Å². The molecule has 0 heterocycles. The van der Waals surface area contributed by atoms with E-state index in [2.05, 4.69) is 24.3 Å². The molecule has 0 aliphatic rings. The van der Waals surface area contributed by atoms with Gasteiger partial charge in [-0.15, -0.1) is 0 Å². The number of benzene rings is 3. The third kappa shape index (κ3) is 4.50. The Labute approximate surface area is 241 Å². The zero-order valence-corrected chi connectivity index (χ0v) is 23.2. The Morgan fingerprint density at radius 2 is 0.571 bits per heavy atom. The second kappa shape index (κ2) is 11.1. The molecule has 202 valence electrons. The predicted molar refractivity (Wildman–Crippen MR) is 159 cm³/mol. The van der Waals surface area contributed by atoms with Gasteiger partial charge in [0, 0.05) is 21.5 Å². The minimum absolute atomic E-state index is 0.274. The summed E-state index contributed by atoms with van der Waals surface area (Å²) in [6, 6.07) is 26.2. The highest BCUT2D eigenvalue weighted by atomic mass is 16.5. The van der Waals surface area contributed by atoms with Crippen molar-refractivity contribution >= 4 is 43.1 Å². The fraction of sp³-hybridized carbons (Fsp3) is 0.118. The van der Waals surface area contributed by atoms with Gasteiger partial charge in [-0.05, 0) is 82.2 Å². The van der Waals surface area contributed by atoms with Gasteiger partial charge in [-0.25, -0.2) is 0 Å². The third-order valence-corrected chi connectivity index (χ3v) is 7.18. The number of hydrogen-bond donors (Lipinski definition) is 0. The van der Waals surface area contributed by atoms with E-state index in [1.165, 1.54) is 28.4 Å². The summed E-state index contributed by atoms with van der Waals surface area (Å²) in [6.45, 7) is 0. The number of nitriles is 4. The number of hydrogen-bond acceptors (Lipinski definition) is 8. The lowest BCUT2D eigenvalue weighted by molar-refractivity contribution is 0.356. The maximum absolute atomic E-state index is 10.3. The van der Waals surface area contributed by atoms with E-state index in [9.17, 15) is 21.0 Å². The first-order valence-electron chi connectivity index (χ1n) is 12.6. The van der Waals surface area contributed by atoms with Crippen LogP contribution < -0.4 is 18.9 Å². The summed E-state index contributed by atoms with van der Waals surface area (Å²) in [4.78, 5) is 0. The maximum atomic E-state index is 10.3. The summed E-state index contributed by atoms with van der Waals surface area (Å²) >= 11 is 0. The van der Waals surface area contributed by atoms with Gasteiger partial charge in [0.05, 0.1) is 75.0 Å². The van der Waals surface area contributed by atoms with E-state index in [0.29, 0.717) is 66.1 Å². The fourth-order valence-corrected chi connectivity index (χ4v) is 5.11. The molecule has 8 heteroatoms. The molecule has 0 fully saturated rings. The summed E-state index contributed by atoms with van der Waals surface area (Å²) < 4.78 is 21.8. The normalized spacial score (nSPS) is 10.3. The van der Waals surface area contributed by atoms with Crippen LogP contribution in [0, 0.1) is 45.3 Å². The van der Waals surface area contributed by atoms with Crippen LogP contribution in [-0.4, -0.2) is 28.4 Å². The number of ether oxygens (including phenoxy) is 4. The Balaban J connectivity index is 2.06. The predicted octanol–water partition coefficient (Wildman–Crippen LogP) is 6.94. The van der Waals surface area contributed by atoms with Gasteiger partial charge in [0.15, 0.2) is 23.0 Å². The third-order valence-electron chi connectivity index (χ3n) is 7.18. The molecule has 0 spiro atoms. The molecule has 0 saturated heterocycles. The summed E-state index contributed by atoms with van der Waals surface area (Å²) in [5, 5.41) is 45.6. The first-order valence-corrected chi connectivity index (χ1v) is 12.6. The molecule has 0 unspecified atom stereocenters. The second-order valence-electron chi connectivity index (χ2n) is 9.29. The number of methoxy groups -OCH3 is 4. The van der Waals surface area contributed by atoms with Gasteiger partial charge in [-0.2, -0.15) is 21.0 Å². The SMILES string of the molecule is COc1cc2cc(C#N)c3cc4c(C#N)cc5cc(OC)c(OC)cc5cc(C#N)c4cc3c(C#N)cc2cc1OC. The fourth-order valence-electron chi connectivity index (χ4n) is 5.11. The maximum Gasteiger partial charge on any atom is 0.161 e. The molecule has 0 N–H and O–H groups in total. The average molecular weight is 551 g/mol. The highest BCUT2D eigenvalue weighted by Gasteiger charge is 2.15. The van der Waals surface area contributed by atoms with E-state index in [-0.39, 0.29) is 22.3 Å². The Morgan fingerprint density at radius 3 is 0.738 bits per heavy atom. The Morgan fingerprint density at radius 1 is 0.357 bits per heavy atom. The van der Waals surface area contributed by atoms with Crippen LogP contribution in [0.25, 0.3) is 43.1 Å². The van der Waals surface area contributed by atoms with E-state index in [0.717, 1.165) is 0 Å². The van der Waals surface area contributed by atoms with Crippen LogP contribution in [0.2, 0.25) is 0 Å². The first kappa shape index (κ1) is 27.4. The van der Waals surface area contributed by atoms with E-state index in [1.807, 2.05) is 0 Å². The molecule has 42 heavy (non-hydrogen) atoms. The Kier molecular flexibility index (Phi) is 7.23. The monoisotopic (exact) mass is 550 g/mol. The molecule has 5 aromatic rings. The summed E-state index contributed by atoms with van der Waals surface area (Å²) in [5.41, 5.74) is 1.10. The molecule has 8 nitrogen and oxygen atoms in total. The van der Waals surface area contributed by atoms with Crippen LogP contribution in [0.1, 0.15) is 22.3 Å². The van der Waals surface area contributed by atoms with Gasteiger partial charge in [-0.1, -0.05) is 0 Å². The zero-order valence-electron chi connectivity index (χ0n) is 23.2. The van der Waals surface area contributed by atoms with E-state index in [1.54, 1.807) is 60.7 Å². The second-order valence-corrected chi connectivity index (χ2v) is 9.29. The van der Waals surface area contributed by atoms with Crippen molar-refractivity contribution in [2.24, 2.45) is 0 Å². The molecule has 0 atom stereocenters. The first-order chi connectivity index (χ1) is 20.4. The lowest BCUT2D eigenvalue weighted by atomic mass is 9.93. The Bertz CT molecular complexity index is 1890. The van der Waals surface area contributed by atoms with Gasteiger partial charge in [0.2, 0.25) is 0 Å². The molecule has 5 aromatic carbocycles. The number of nitrogens with zero attached hydrogens (tertiary/aromatic N) is 4. The molecular weight excluding hydrogens is 528 g/mol. The lowest BCUT2D eigenvalue weighted by Gasteiger charge is -2.11. The smallest absolute Gasteiger partial charge is 0.161 e. The van der Waals surface area contributed by atoms with Crippen LogP contribution in [0.3, 0.4) is 0 Å². The van der Waals surface area contributed by atoms with E-state index >= 15 is 0 Å². The van der Waals surface area contributed by atoms with Gasteiger partial charge in [-0.3, -0.25) is 0 Å². The van der Waals surface area contributed by atoms with Crippen LogP contribution >= 0.6 is 0 Å². The molecule has 0 aliphatic heterocycles. The largest absolute Gasteiger partial charge is 0.493 e. The lowest BCUT2D eigenvalue weighted by Crippen LogP contribution is -1.92. The van der Waals surface area contributed by atoms with Crippen molar-refractivity contribution in [2.45, 2.75) is 0 Å². The highest BCUT2D eigenvalue weighted by molar-refractivity contribution is 6.08. The zero-order chi connectivity index (χ0) is 30.0. The topological polar surface area (TPSA) is 132 Å². The van der Waals surface area contributed by atoms with Crippen LogP contribution in [0.5, 0.6) is 23.0 Å². The molecule has 0 aliphatic carbocycles. The van der Waals surface area contributed by atoms with Gasteiger partial charge < -0.3 is 18.9 Å². The summed E-state index contributed by atoms with van der Waals surface area (Å²) in [7, 11) is 6.08. The molecule has 0 aromatic heterocycles. The van der Waals surface area contributed by atoms with Crippen LogP contribution in [0.4, 0.5) is 0 Å². The summed E-state index contributed by atoms with van der Waals surface area (Å²) in [6.07, 6.45) is 0. The van der Waals surface area contributed by atoms with Gasteiger partial charge in [0.1, 0.15) is 0 Å². The standard InChI is InChI=1S/C34H22N4O4/c1-39-31-9-19-5-23(15-35)27-13-29-25(17-37)7-21-11-33(41-3)34(42-4)12-22(21)8-26(18-38)30(29)14-28(27)24(16-36)6-20(19)10-32(31)40-2/h5-14H,1-4H3. The van der Waals surface area contributed by atoms with Crippen molar-refractivity contribution in [3.63, 3.8) is 0 Å². The molecule has 0 radical (unpaired) electrons. The van der Waals surface area contributed by atoms with Crippen molar-refractivity contribution in [3.8, 4) is 47.3 Å². The van der Waals surface area contributed by atoms with Gasteiger partial charge >= 0.3 is 0 Å². The van der Waals surface area contributed by atoms with Crippen molar-refractivity contribution in [1.29, 1.82) is 21.0 Å². The van der Waals surface area contributed by atoms with Crippen molar-refractivity contribution in [2.75, 3.05) is 28.4 Å². The molecule has 0 amide bonds. The summed E-state index contributed by atoms with van der Waals surface area (Å²) in [5.74, 6) is 1.89. The molecular formula is C34H22N4O4. The van der Waals surface area contributed by atoms with Gasteiger partial charge in [0.25, 0.3) is 0 Å². The molecule has 5 rings (SSSR count). The van der Waals surface area contributed by atoms with E-state index < -0.39 is 0 Å². The quantitative estimate of drug-likeness (QED) is 0.235. The minimum Gasteiger partial charge on any atom is -0.493 e. The molecule has 0 saturated carbocycles. The number of rotatable bonds is 4. The minimum atomic E-state index is 0.274. The average Bonchev–Trinajstić information content (AvgIpc) is 3.01. The van der Waals surface area contributed by atoms with Crippen molar-refractivity contribution in [1.82, 2.24) is 0 Å². The highest BCUT2D eigenvalue weighted by Crippen LogP contribution is 2.37. The number of fused-ring (bicyclic) bond motifs is 4. The van der Waals surface area contributed by atoms with Crippen molar-refractivity contribution < 1.29 is 18.9 Å². The van der Waals surface area contributed by atoms with E-state index in [4.69, 9.17) is 18.9 Å². The van der Waals surface area contributed by atoms with Crippen LogP contribution in [-0.2, 0) is 0 Å². The van der Waals surface area contributed by atoms with Crippen LogP contribution in [0.15, 0.2) is 60.7 Å². The molecule has 0 bridgehead atoms.